The van der Waals surface area contributed by atoms with Crippen LogP contribution in [0.25, 0.3) is 0 Å². The average molecular weight is 430 g/mol. The Balaban J connectivity index is 1.60. The van der Waals surface area contributed by atoms with Crippen molar-refractivity contribution in [2.75, 3.05) is 29.6 Å². The van der Waals surface area contributed by atoms with Gasteiger partial charge in [0.15, 0.2) is 0 Å². The van der Waals surface area contributed by atoms with E-state index in [1.54, 1.807) is 11.8 Å². The Labute approximate surface area is 170 Å². The highest BCUT2D eigenvalue weighted by atomic mass is 35.5. The smallest absolute Gasteiger partial charge is 0.355 e. The Morgan fingerprint density at radius 3 is 2.61 bits per heavy atom. The lowest BCUT2D eigenvalue weighted by atomic mass is 9.95. The summed E-state index contributed by atoms with van der Waals surface area (Å²) >= 11 is 7.62. The molecule has 1 amide bonds. The van der Waals surface area contributed by atoms with Crippen molar-refractivity contribution < 1.29 is 18.0 Å². The number of benzene rings is 1. The molecule has 0 unspecified atom stereocenters. The number of thioether (sulfide) groups is 1. The third-order valence-electron chi connectivity index (χ3n) is 4.65. The van der Waals surface area contributed by atoms with Gasteiger partial charge < -0.3 is 10.2 Å². The van der Waals surface area contributed by atoms with Crippen LogP contribution >= 0.6 is 23.4 Å². The number of anilines is 2. The van der Waals surface area contributed by atoms with Crippen molar-refractivity contribution in [2.24, 2.45) is 5.92 Å². The lowest BCUT2D eigenvalue weighted by molar-refractivity contribution is -0.137. The molecule has 0 bridgehead atoms. The third-order valence-corrected chi connectivity index (χ3v) is 5.66. The van der Waals surface area contributed by atoms with Crippen molar-refractivity contribution in [3.05, 3.63) is 47.1 Å². The van der Waals surface area contributed by atoms with Crippen LogP contribution in [0.3, 0.4) is 0 Å². The lowest BCUT2D eigenvalue weighted by Gasteiger charge is -2.32. The van der Waals surface area contributed by atoms with Gasteiger partial charge in [-0.15, -0.1) is 11.8 Å². The van der Waals surface area contributed by atoms with E-state index in [1.807, 2.05) is 35.4 Å². The summed E-state index contributed by atoms with van der Waals surface area (Å²) in [6, 6.07) is 8.52. The Bertz CT molecular complexity index is 855. The van der Waals surface area contributed by atoms with E-state index in [0.717, 1.165) is 22.8 Å². The molecule has 1 aromatic carbocycles. The number of piperidine rings is 1. The van der Waals surface area contributed by atoms with Crippen LogP contribution in [0.15, 0.2) is 41.4 Å². The molecule has 1 saturated heterocycles. The van der Waals surface area contributed by atoms with Crippen LogP contribution in [0, 0.1) is 5.92 Å². The van der Waals surface area contributed by atoms with Gasteiger partial charge in [-0.05, 0) is 43.4 Å². The molecule has 0 saturated carbocycles. The summed E-state index contributed by atoms with van der Waals surface area (Å²) in [7, 11) is 0. The molecule has 28 heavy (non-hydrogen) atoms. The Morgan fingerprint density at radius 2 is 2.00 bits per heavy atom. The predicted molar refractivity (Wildman–Crippen MR) is 106 cm³/mol. The molecular weight excluding hydrogens is 411 g/mol. The zero-order valence-corrected chi connectivity index (χ0v) is 16.7. The molecule has 2 heterocycles. The van der Waals surface area contributed by atoms with Gasteiger partial charge in [-0.2, -0.15) is 13.2 Å². The Kier molecular flexibility index (Phi) is 6.40. The van der Waals surface area contributed by atoms with Crippen LogP contribution in [0.4, 0.5) is 24.7 Å². The van der Waals surface area contributed by atoms with Crippen molar-refractivity contribution in [2.45, 2.75) is 23.9 Å². The minimum Gasteiger partial charge on any atom is -0.355 e. The van der Waals surface area contributed by atoms with E-state index in [-0.39, 0.29) is 16.8 Å². The van der Waals surface area contributed by atoms with E-state index in [4.69, 9.17) is 11.6 Å². The highest BCUT2D eigenvalue weighted by molar-refractivity contribution is 7.98. The molecule has 1 fully saturated rings. The van der Waals surface area contributed by atoms with Crippen molar-refractivity contribution in [3.63, 3.8) is 0 Å². The Hall–Kier alpha value is -1.93. The molecule has 1 N–H and O–H groups in total. The van der Waals surface area contributed by atoms with Gasteiger partial charge in [0.25, 0.3) is 0 Å². The molecule has 0 radical (unpaired) electrons. The summed E-state index contributed by atoms with van der Waals surface area (Å²) in [5, 5.41) is 2.90. The number of pyridine rings is 1. The van der Waals surface area contributed by atoms with E-state index in [1.165, 1.54) is 0 Å². The van der Waals surface area contributed by atoms with Crippen molar-refractivity contribution in [1.29, 1.82) is 0 Å². The molecule has 0 atom stereocenters. The first-order valence-electron chi connectivity index (χ1n) is 8.70. The molecular formula is C19H19ClF3N3OS. The monoisotopic (exact) mass is 429 g/mol. The molecule has 2 aromatic rings. The summed E-state index contributed by atoms with van der Waals surface area (Å²) in [6.07, 6.45) is -0.566. The number of amides is 1. The molecule has 0 spiro atoms. The van der Waals surface area contributed by atoms with Gasteiger partial charge >= 0.3 is 6.18 Å². The maximum absolute atomic E-state index is 12.8. The van der Waals surface area contributed by atoms with Crippen LogP contribution in [0.2, 0.25) is 5.02 Å². The molecule has 0 aliphatic carbocycles. The summed E-state index contributed by atoms with van der Waals surface area (Å²) in [4.78, 5) is 19.3. The number of rotatable bonds is 4. The number of alkyl halides is 3. The maximum Gasteiger partial charge on any atom is 0.417 e. The highest BCUT2D eigenvalue weighted by Gasteiger charge is 2.33. The molecule has 9 heteroatoms. The SMILES string of the molecule is CSc1cccc(NC(=O)C2CCN(c3ncc(C(F)(F)F)cc3Cl)CC2)c1. The maximum atomic E-state index is 12.8. The van der Waals surface area contributed by atoms with E-state index < -0.39 is 11.7 Å². The van der Waals surface area contributed by atoms with E-state index in [9.17, 15) is 18.0 Å². The fraction of sp³-hybridized carbons (Fsp3) is 0.368. The van der Waals surface area contributed by atoms with Crippen molar-refractivity contribution in [3.8, 4) is 0 Å². The van der Waals surface area contributed by atoms with Crippen molar-refractivity contribution in [1.82, 2.24) is 4.98 Å². The number of halogens is 4. The standard InChI is InChI=1S/C19H19ClF3N3OS/c1-28-15-4-2-3-14(10-15)25-18(27)12-5-7-26(8-6-12)17-16(20)9-13(11-24-17)19(21,22)23/h2-4,9-12H,5-8H2,1H3,(H,25,27). The first-order chi connectivity index (χ1) is 13.3. The van der Waals surface area contributed by atoms with Crippen molar-refractivity contribution >= 4 is 40.8 Å². The van der Waals surface area contributed by atoms with Gasteiger partial charge in [-0.25, -0.2) is 4.98 Å². The summed E-state index contributed by atoms with van der Waals surface area (Å²) in [5.74, 6) is 0.105. The molecule has 1 aromatic heterocycles. The first-order valence-corrected chi connectivity index (χ1v) is 10.3. The first kappa shape index (κ1) is 20.8. The lowest BCUT2D eigenvalue weighted by Crippen LogP contribution is -2.38. The van der Waals surface area contributed by atoms with E-state index >= 15 is 0 Å². The fourth-order valence-corrected chi connectivity index (χ4v) is 3.86. The molecule has 150 valence electrons. The fourth-order valence-electron chi connectivity index (χ4n) is 3.12. The predicted octanol–water partition coefficient (Wildman–Crippen LogP) is 5.33. The second-order valence-electron chi connectivity index (χ2n) is 6.51. The van der Waals surface area contributed by atoms with Crippen LogP contribution in [-0.4, -0.2) is 30.2 Å². The number of aromatic nitrogens is 1. The number of nitrogens with zero attached hydrogens (tertiary/aromatic N) is 2. The number of carbonyl (C=O) groups is 1. The number of hydrogen-bond acceptors (Lipinski definition) is 4. The Morgan fingerprint density at radius 1 is 1.29 bits per heavy atom. The second kappa shape index (κ2) is 8.61. The van der Waals surface area contributed by atoms with Gasteiger partial charge in [0.2, 0.25) is 5.91 Å². The van der Waals surface area contributed by atoms with Gasteiger partial charge in [0, 0.05) is 35.8 Å². The minimum absolute atomic E-state index is 0.0355. The topological polar surface area (TPSA) is 45.2 Å². The van der Waals surface area contributed by atoms with Crippen LogP contribution in [0.5, 0.6) is 0 Å². The minimum atomic E-state index is -4.48. The zero-order valence-electron chi connectivity index (χ0n) is 15.1. The third kappa shape index (κ3) is 4.91. The second-order valence-corrected chi connectivity index (χ2v) is 7.80. The van der Waals surface area contributed by atoms with Crippen LogP contribution in [-0.2, 0) is 11.0 Å². The zero-order chi connectivity index (χ0) is 20.3. The van der Waals surface area contributed by atoms with Gasteiger partial charge in [-0.1, -0.05) is 17.7 Å². The van der Waals surface area contributed by atoms with Gasteiger partial charge in [0.05, 0.1) is 10.6 Å². The quantitative estimate of drug-likeness (QED) is 0.667. The summed E-state index contributed by atoms with van der Waals surface area (Å²) in [6.45, 7) is 1.00. The van der Waals surface area contributed by atoms with Gasteiger partial charge in [0.1, 0.15) is 5.82 Å². The number of carbonyl (C=O) groups excluding carboxylic acids is 1. The number of nitrogens with one attached hydrogen (secondary N) is 1. The molecule has 3 rings (SSSR count). The highest BCUT2D eigenvalue weighted by Crippen LogP contribution is 2.34. The van der Waals surface area contributed by atoms with Gasteiger partial charge in [-0.3, -0.25) is 4.79 Å². The van der Waals surface area contributed by atoms with Crippen LogP contribution in [0.1, 0.15) is 18.4 Å². The molecule has 1 aliphatic heterocycles. The number of hydrogen-bond donors (Lipinski definition) is 1. The molecule has 1 aliphatic rings. The van der Waals surface area contributed by atoms with E-state index in [2.05, 4.69) is 10.3 Å². The molecule has 4 nitrogen and oxygen atoms in total. The summed E-state index contributed by atoms with van der Waals surface area (Å²) in [5.41, 5.74) is -0.116. The van der Waals surface area contributed by atoms with E-state index in [0.29, 0.717) is 31.7 Å². The largest absolute Gasteiger partial charge is 0.417 e. The summed E-state index contributed by atoms with van der Waals surface area (Å²) < 4.78 is 38.3. The van der Waals surface area contributed by atoms with Crippen LogP contribution < -0.4 is 10.2 Å². The normalized spacial score (nSPS) is 15.5. The average Bonchev–Trinajstić information content (AvgIpc) is 2.67.